The van der Waals surface area contributed by atoms with Gasteiger partial charge in [0.25, 0.3) is 15.6 Å². The highest BCUT2D eigenvalue weighted by Crippen LogP contribution is 2.32. The fourth-order valence-electron chi connectivity index (χ4n) is 4.62. The van der Waals surface area contributed by atoms with Crippen LogP contribution in [-0.4, -0.2) is 30.1 Å². The van der Waals surface area contributed by atoms with E-state index in [1.54, 1.807) is 42.5 Å². The molecule has 2 aromatic carbocycles. The first-order valence-corrected chi connectivity index (χ1v) is 12.1. The Bertz CT molecular complexity index is 1410. The number of sulfonamides is 1. The Morgan fingerprint density at radius 2 is 1.88 bits per heavy atom. The summed E-state index contributed by atoms with van der Waals surface area (Å²) >= 11 is 0. The third-order valence-electron chi connectivity index (χ3n) is 6.17. The van der Waals surface area contributed by atoms with E-state index in [9.17, 15) is 18.3 Å². The number of nitrogens with one attached hydrogen (secondary N) is 2. The number of para-hydroxylation sites is 2. The third-order valence-corrected chi connectivity index (χ3v) is 7.50. The summed E-state index contributed by atoms with van der Waals surface area (Å²) in [4.78, 5) is 13.6. The lowest BCUT2D eigenvalue weighted by Gasteiger charge is -2.30. The number of hydrogen-bond acceptors (Lipinski definition) is 6. The predicted octanol–water partition coefficient (Wildman–Crippen LogP) is 3.39. The quantitative estimate of drug-likeness (QED) is 0.562. The number of pyridine rings is 1. The molecule has 0 spiro atoms. The molecular weight excluding hydrogens is 428 g/mol. The van der Waals surface area contributed by atoms with Crippen molar-refractivity contribution in [3.05, 3.63) is 64.4 Å². The molecular formula is C23H24N4O4S. The molecule has 5 rings (SSSR count). The van der Waals surface area contributed by atoms with Gasteiger partial charge in [0.15, 0.2) is 5.84 Å². The monoisotopic (exact) mass is 452 g/mol. The minimum Gasteiger partial charge on any atom is -0.506 e. The van der Waals surface area contributed by atoms with E-state index < -0.39 is 15.6 Å². The Morgan fingerprint density at radius 3 is 2.69 bits per heavy atom. The average Bonchev–Trinajstić information content (AvgIpc) is 2.76. The van der Waals surface area contributed by atoms with E-state index in [1.807, 2.05) is 0 Å². The van der Waals surface area contributed by atoms with E-state index in [0.717, 1.165) is 25.7 Å². The number of nitrogens with zero attached hydrogens (tertiary/aromatic N) is 2. The molecule has 1 aromatic heterocycles. The van der Waals surface area contributed by atoms with Gasteiger partial charge in [-0.25, -0.2) is 4.68 Å². The summed E-state index contributed by atoms with van der Waals surface area (Å²) in [5.74, 6) is 0.0526. The van der Waals surface area contributed by atoms with Gasteiger partial charge in [0.2, 0.25) is 0 Å². The molecule has 1 unspecified atom stereocenters. The second kappa shape index (κ2) is 7.67. The van der Waals surface area contributed by atoms with Crippen LogP contribution in [0.5, 0.6) is 5.75 Å². The summed E-state index contributed by atoms with van der Waals surface area (Å²) in [7, 11) is -4.03. The van der Waals surface area contributed by atoms with Crippen molar-refractivity contribution in [3.63, 3.8) is 0 Å². The van der Waals surface area contributed by atoms with Gasteiger partial charge in [-0.05, 0) is 43.0 Å². The van der Waals surface area contributed by atoms with Crippen molar-refractivity contribution in [2.45, 2.75) is 43.5 Å². The van der Waals surface area contributed by atoms with Crippen molar-refractivity contribution in [1.29, 1.82) is 0 Å². The lowest BCUT2D eigenvalue weighted by Crippen LogP contribution is -2.41. The van der Waals surface area contributed by atoms with Crippen molar-refractivity contribution in [2.75, 3.05) is 10.7 Å². The minimum atomic E-state index is -4.03. The average molecular weight is 453 g/mol. The number of benzene rings is 2. The molecule has 1 saturated carbocycles. The lowest BCUT2D eigenvalue weighted by molar-refractivity contribution is 0.345. The van der Waals surface area contributed by atoms with Gasteiger partial charge in [-0.3, -0.25) is 4.79 Å². The van der Waals surface area contributed by atoms with Crippen LogP contribution in [0.25, 0.3) is 10.9 Å². The SMILES string of the molecule is C[C@@H]1CCCC(Nn2c(=O)c(C3=NS(=O)(=O)c4ccccc4N3)c(O)c3ccccc32)C1. The molecule has 3 N–H and O–H groups in total. The Hall–Kier alpha value is -3.33. The number of hydrogen-bond donors (Lipinski definition) is 3. The largest absolute Gasteiger partial charge is 0.506 e. The van der Waals surface area contributed by atoms with Gasteiger partial charge in [-0.1, -0.05) is 44.0 Å². The maximum absolute atomic E-state index is 13.6. The molecule has 2 atom stereocenters. The van der Waals surface area contributed by atoms with Gasteiger partial charge >= 0.3 is 0 Å². The Labute approximate surface area is 185 Å². The highest BCUT2D eigenvalue weighted by atomic mass is 32.2. The maximum Gasteiger partial charge on any atom is 0.286 e. The summed E-state index contributed by atoms with van der Waals surface area (Å²) in [5, 5.41) is 14.4. The molecule has 1 fully saturated rings. The number of anilines is 1. The lowest BCUT2D eigenvalue weighted by atomic mass is 9.87. The Kier molecular flexibility index (Phi) is 4.93. The molecule has 2 heterocycles. The van der Waals surface area contributed by atoms with E-state index in [-0.39, 0.29) is 28.1 Å². The first kappa shape index (κ1) is 20.6. The highest BCUT2D eigenvalue weighted by molar-refractivity contribution is 7.90. The Balaban J connectivity index is 1.69. The standard InChI is InChI=1S/C23H24N4O4S/c1-14-7-6-8-15(13-14)25-27-18-11-4-2-9-16(18)21(28)20(23(27)29)22-24-17-10-3-5-12-19(17)32(30,31)26-22/h2-5,9-12,14-15,25,28H,6-8,13H2,1H3,(H,24,26)/t14-,15?/m1/s1. The van der Waals surface area contributed by atoms with Crippen molar-refractivity contribution in [1.82, 2.24) is 4.68 Å². The first-order chi connectivity index (χ1) is 15.3. The first-order valence-electron chi connectivity index (χ1n) is 10.7. The molecule has 9 heteroatoms. The molecule has 0 radical (unpaired) electrons. The van der Waals surface area contributed by atoms with Crippen LogP contribution in [-0.2, 0) is 10.0 Å². The van der Waals surface area contributed by atoms with Crippen LogP contribution in [0.3, 0.4) is 0 Å². The van der Waals surface area contributed by atoms with Gasteiger partial charge in [-0.2, -0.15) is 8.42 Å². The van der Waals surface area contributed by atoms with Crippen molar-refractivity contribution >= 4 is 32.4 Å². The molecule has 2 aliphatic rings. The van der Waals surface area contributed by atoms with Crippen LogP contribution in [0, 0.1) is 5.92 Å². The molecule has 166 valence electrons. The topological polar surface area (TPSA) is 113 Å². The van der Waals surface area contributed by atoms with E-state index in [2.05, 4.69) is 22.1 Å². The van der Waals surface area contributed by atoms with Crippen LogP contribution in [0.2, 0.25) is 0 Å². The smallest absolute Gasteiger partial charge is 0.286 e. The number of fused-ring (bicyclic) bond motifs is 2. The number of aromatic nitrogens is 1. The van der Waals surface area contributed by atoms with E-state index in [1.165, 1.54) is 10.7 Å². The van der Waals surface area contributed by atoms with Gasteiger partial charge < -0.3 is 15.8 Å². The zero-order valence-corrected chi connectivity index (χ0v) is 18.4. The van der Waals surface area contributed by atoms with Gasteiger partial charge in [0.1, 0.15) is 16.2 Å². The molecule has 1 aliphatic heterocycles. The van der Waals surface area contributed by atoms with E-state index in [4.69, 9.17) is 0 Å². The number of rotatable bonds is 3. The highest BCUT2D eigenvalue weighted by Gasteiger charge is 2.30. The second-order valence-electron chi connectivity index (χ2n) is 8.52. The molecule has 0 amide bonds. The fourth-order valence-corrected chi connectivity index (χ4v) is 5.75. The Morgan fingerprint density at radius 1 is 1.12 bits per heavy atom. The number of amidine groups is 1. The predicted molar refractivity (Wildman–Crippen MR) is 124 cm³/mol. The molecule has 0 saturated heterocycles. The zero-order valence-electron chi connectivity index (χ0n) is 17.6. The van der Waals surface area contributed by atoms with Crippen molar-refractivity contribution in [3.8, 4) is 5.75 Å². The molecule has 3 aromatic rings. The second-order valence-corrected chi connectivity index (χ2v) is 10.1. The van der Waals surface area contributed by atoms with Crippen molar-refractivity contribution < 1.29 is 13.5 Å². The summed E-state index contributed by atoms with van der Waals surface area (Å²) in [5.41, 5.74) is 3.43. The van der Waals surface area contributed by atoms with Crippen LogP contribution < -0.4 is 16.3 Å². The fraction of sp³-hybridized carbons (Fsp3) is 0.304. The molecule has 32 heavy (non-hydrogen) atoms. The molecule has 8 nitrogen and oxygen atoms in total. The molecule has 1 aliphatic carbocycles. The normalized spacial score (nSPS) is 22.0. The van der Waals surface area contributed by atoms with E-state index in [0.29, 0.717) is 22.5 Å². The van der Waals surface area contributed by atoms with E-state index >= 15 is 0 Å². The van der Waals surface area contributed by atoms with Crippen LogP contribution in [0.1, 0.15) is 38.2 Å². The third kappa shape index (κ3) is 3.42. The maximum atomic E-state index is 13.6. The van der Waals surface area contributed by atoms with Crippen LogP contribution in [0.4, 0.5) is 5.69 Å². The zero-order chi connectivity index (χ0) is 22.5. The van der Waals surface area contributed by atoms with Gasteiger partial charge in [0.05, 0.1) is 11.2 Å². The summed E-state index contributed by atoms with van der Waals surface area (Å²) < 4.78 is 30.7. The van der Waals surface area contributed by atoms with Crippen LogP contribution >= 0.6 is 0 Å². The van der Waals surface area contributed by atoms with Crippen molar-refractivity contribution in [2.24, 2.45) is 10.3 Å². The summed E-state index contributed by atoms with van der Waals surface area (Å²) in [6, 6.07) is 13.4. The van der Waals surface area contributed by atoms with Gasteiger partial charge in [0, 0.05) is 11.4 Å². The number of aromatic hydroxyl groups is 1. The summed E-state index contributed by atoms with van der Waals surface area (Å²) in [6.45, 7) is 2.19. The summed E-state index contributed by atoms with van der Waals surface area (Å²) in [6.07, 6.45) is 4.09. The molecule has 0 bridgehead atoms. The van der Waals surface area contributed by atoms with Gasteiger partial charge in [-0.15, -0.1) is 4.40 Å². The minimum absolute atomic E-state index is 0.0265. The van der Waals surface area contributed by atoms with Crippen LogP contribution in [0.15, 0.2) is 62.6 Å².